The number of para-hydroxylation sites is 1. The highest BCUT2D eigenvalue weighted by atomic mass is 79.9. The minimum absolute atomic E-state index is 0.390. The van der Waals surface area contributed by atoms with Crippen LogP contribution in [0.3, 0.4) is 0 Å². The molecule has 0 radical (unpaired) electrons. The number of fused-ring (bicyclic) bond motifs is 1. The zero-order chi connectivity index (χ0) is 23.3. The maximum Gasteiger partial charge on any atom is 0.329 e. The molecule has 0 spiro atoms. The second-order valence-electron chi connectivity index (χ2n) is 8.45. The number of aryl methyl sites for hydroxylation is 1. The third-order valence-electron chi connectivity index (χ3n) is 6.71. The minimum Gasteiger partial charge on any atom is -0.480 e. The minimum atomic E-state index is -1.74. The summed E-state index contributed by atoms with van der Waals surface area (Å²) in [6, 6.07) is 22.5. The van der Waals surface area contributed by atoms with Gasteiger partial charge in [0, 0.05) is 10.5 Å². The van der Waals surface area contributed by atoms with E-state index in [0.717, 1.165) is 15.6 Å². The molecule has 2 aliphatic heterocycles. The van der Waals surface area contributed by atoms with Gasteiger partial charge < -0.3 is 5.11 Å². The number of hydrogen-bond acceptors (Lipinski definition) is 4. The van der Waals surface area contributed by atoms with Crippen molar-refractivity contribution >= 4 is 39.4 Å². The van der Waals surface area contributed by atoms with Gasteiger partial charge in [0.25, 0.3) is 0 Å². The molecule has 2 saturated heterocycles. The summed E-state index contributed by atoms with van der Waals surface area (Å²) in [7, 11) is 0. The number of anilines is 1. The summed E-state index contributed by atoms with van der Waals surface area (Å²) in [6.07, 6.45) is 0. The van der Waals surface area contributed by atoms with Crippen molar-refractivity contribution in [3.8, 4) is 0 Å². The molecular weight excluding hydrogens is 484 g/mol. The van der Waals surface area contributed by atoms with Crippen LogP contribution in [0, 0.1) is 18.8 Å². The molecule has 3 aromatic rings. The lowest BCUT2D eigenvalue weighted by Gasteiger charge is -2.32. The molecule has 2 amide bonds. The van der Waals surface area contributed by atoms with Gasteiger partial charge in [-0.1, -0.05) is 76.6 Å². The first-order chi connectivity index (χ1) is 15.9. The van der Waals surface area contributed by atoms with Crippen molar-refractivity contribution in [3.05, 3.63) is 100 Å². The molecule has 4 atom stereocenters. The predicted octanol–water partition coefficient (Wildman–Crippen LogP) is 4.19. The number of amides is 2. The first-order valence-corrected chi connectivity index (χ1v) is 11.4. The molecule has 33 heavy (non-hydrogen) atoms. The molecule has 4 unspecified atom stereocenters. The van der Waals surface area contributed by atoms with Crippen molar-refractivity contribution < 1.29 is 19.5 Å². The normalized spacial score (nSPS) is 26.5. The van der Waals surface area contributed by atoms with E-state index in [1.54, 1.807) is 42.5 Å². The summed E-state index contributed by atoms with van der Waals surface area (Å²) >= 11 is 3.42. The largest absolute Gasteiger partial charge is 0.480 e. The number of aliphatic carboxylic acids is 1. The number of nitrogens with one attached hydrogen (secondary N) is 1. The SMILES string of the molecule is Cc1ccccc1N1C(=O)C2C(c3ccc(Br)cc3)NC(C(=O)O)(c3ccccc3)C2C1=O. The van der Waals surface area contributed by atoms with Crippen LogP contribution in [0.4, 0.5) is 5.69 Å². The van der Waals surface area contributed by atoms with Gasteiger partial charge in [-0.3, -0.25) is 14.9 Å². The molecular formula is C26H21BrN2O4. The zero-order valence-corrected chi connectivity index (χ0v) is 19.3. The van der Waals surface area contributed by atoms with Crippen molar-refractivity contribution in [1.29, 1.82) is 0 Å². The van der Waals surface area contributed by atoms with Gasteiger partial charge in [-0.05, 0) is 41.8 Å². The standard InChI is InChI=1S/C26H21BrN2O4/c1-15-7-5-6-10-19(15)29-23(30)20-21(24(29)31)26(25(32)33,17-8-3-2-4-9-17)28-22(20)16-11-13-18(27)14-12-16/h2-14,20-22,28H,1H3,(H,32,33). The number of rotatable bonds is 4. The van der Waals surface area contributed by atoms with Crippen LogP contribution in [0.1, 0.15) is 22.7 Å². The van der Waals surface area contributed by atoms with Gasteiger partial charge in [-0.25, -0.2) is 9.69 Å². The summed E-state index contributed by atoms with van der Waals surface area (Å²) < 4.78 is 0.865. The Morgan fingerprint density at radius 3 is 2.21 bits per heavy atom. The number of imide groups is 1. The summed E-state index contributed by atoms with van der Waals surface area (Å²) in [5, 5.41) is 13.8. The van der Waals surface area contributed by atoms with Crippen LogP contribution >= 0.6 is 15.9 Å². The Balaban J connectivity index is 1.73. The van der Waals surface area contributed by atoms with E-state index in [4.69, 9.17) is 0 Å². The monoisotopic (exact) mass is 504 g/mol. The highest BCUT2D eigenvalue weighted by molar-refractivity contribution is 9.10. The number of benzene rings is 3. The number of carboxylic acid groups (broad SMARTS) is 1. The van der Waals surface area contributed by atoms with Crippen LogP contribution in [0.2, 0.25) is 0 Å². The average Bonchev–Trinajstić information content (AvgIpc) is 3.30. The molecule has 166 valence electrons. The first-order valence-electron chi connectivity index (χ1n) is 10.6. The van der Waals surface area contributed by atoms with Gasteiger partial charge in [-0.2, -0.15) is 0 Å². The van der Waals surface area contributed by atoms with Gasteiger partial charge in [0.2, 0.25) is 11.8 Å². The number of carbonyl (C=O) groups is 3. The average molecular weight is 505 g/mol. The Labute approximate surface area is 199 Å². The molecule has 0 bridgehead atoms. The van der Waals surface area contributed by atoms with Crippen molar-refractivity contribution in [2.75, 3.05) is 4.90 Å². The summed E-state index contributed by atoms with van der Waals surface area (Å²) in [5.41, 5.74) is 0.713. The maximum atomic E-state index is 13.9. The van der Waals surface area contributed by atoms with Gasteiger partial charge in [0.05, 0.1) is 17.5 Å². The van der Waals surface area contributed by atoms with E-state index in [0.29, 0.717) is 11.3 Å². The fourth-order valence-electron chi connectivity index (χ4n) is 5.20. The Hall–Kier alpha value is -3.29. The Morgan fingerprint density at radius 2 is 1.58 bits per heavy atom. The lowest BCUT2D eigenvalue weighted by atomic mass is 9.75. The molecule has 0 saturated carbocycles. The van der Waals surface area contributed by atoms with E-state index in [1.807, 2.05) is 43.3 Å². The van der Waals surface area contributed by atoms with Crippen LogP contribution in [0.15, 0.2) is 83.3 Å². The highest BCUT2D eigenvalue weighted by Gasteiger charge is 2.69. The Kier molecular flexibility index (Phi) is 5.18. The fourth-order valence-corrected chi connectivity index (χ4v) is 5.47. The van der Waals surface area contributed by atoms with Crippen LogP contribution in [0.5, 0.6) is 0 Å². The molecule has 3 aromatic carbocycles. The predicted molar refractivity (Wildman–Crippen MR) is 126 cm³/mol. The van der Waals surface area contributed by atoms with Gasteiger partial charge >= 0.3 is 5.97 Å². The summed E-state index contributed by atoms with van der Waals surface area (Å²) in [5.74, 6) is -4.04. The number of nitrogens with zero attached hydrogens (tertiary/aromatic N) is 1. The van der Waals surface area contributed by atoms with Crippen molar-refractivity contribution in [3.63, 3.8) is 0 Å². The number of hydrogen-bond donors (Lipinski definition) is 2. The lowest BCUT2D eigenvalue weighted by molar-refractivity contribution is -0.149. The summed E-state index contributed by atoms with van der Waals surface area (Å²) in [6.45, 7) is 1.83. The summed E-state index contributed by atoms with van der Waals surface area (Å²) in [4.78, 5) is 41.8. The molecule has 2 heterocycles. The first kappa shape index (κ1) is 21.6. The van der Waals surface area contributed by atoms with E-state index in [-0.39, 0.29) is 0 Å². The second kappa shape index (κ2) is 7.93. The molecule has 0 aromatic heterocycles. The molecule has 0 aliphatic carbocycles. The van der Waals surface area contributed by atoms with E-state index < -0.39 is 41.2 Å². The van der Waals surface area contributed by atoms with Crippen LogP contribution in [-0.2, 0) is 19.9 Å². The Bertz CT molecular complexity index is 1260. The van der Waals surface area contributed by atoms with E-state index in [9.17, 15) is 19.5 Å². The molecule has 2 aliphatic rings. The zero-order valence-electron chi connectivity index (χ0n) is 17.7. The highest BCUT2D eigenvalue weighted by Crippen LogP contribution is 2.54. The maximum absolute atomic E-state index is 13.9. The topological polar surface area (TPSA) is 86.7 Å². The van der Waals surface area contributed by atoms with Crippen molar-refractivity contribution in [2.45, 2.75) is 18.5 Å². The molecule has 2 fully saturated rings. The molecule has 6 nitrogen and oxygen atoms in total. The molecule has 5 rings (SSSR count). The Morgan fingerprint density at radius 1 is 0.939 bits per heavy atom. The number of carbonyl (C=O) groups excluding carboxylic acids is 2. The van der Waals surface area contributed by atoms with Crippen LogP contribution in [0.25, 0.3) is 0 Å². The smallest absolute Gasteiger partial charge is 0.329 e. The van der Waals surface area contributed by atoms with Gasteiger partial charge in [0.1, 0.15) is 0 Å². The van der Waals surface area contributed by atoms with Crippen molar-refractivity contribution in [2.24, 2.45) is 11.8 Å². The fraction of sp³-hybridized carbons (Fsp3) is 0.192. The van der Waals surface area contributed by atoms with Crippen LogP contribution in [-0.4, -0.2) is 22.9 Å². The quantitative estimate of drug-likeness (QED) is 0.520. The van der Waals surface area contributed by atoms with E-state index >= 15 is 0 Å². The number of carboxylic acids is 1. The van der Waals surface area contributed by atoms with E-state index in [1.165, 1.54) is 4.90 Å². The van der Waals surface area contributed by atoms with Gasteiger partial charge in [-0.15, -0.1) is 0 Å². The second-order valence-corrected chi connectivity index (χ2v) is 9.37. The molecule has 2 N–H and O–H groups in total. The third kappa shape index (κ3) is 3.14. The molecule has 7 heteroatoms. The van der Waals surface area contributed by atoms with Crippen molar-refractivity contribution in [1.82, 2.24) is 5.32 Å². The van der Waals surface area contributed by atoms with Gasteiger partial charge in [0.15, 0.2) is 5.54 Å². The van der Waals surface area contributed by atoms with E-state index in [2.05, 4.69) is 21.2 Å². The lowest BCUT2D eigenvalue weighted by Crippen LogP contribution is -2.53. The van der Waals surface area contributed by atoms with Crippen LogP contribution < -0.4 is 10.2 Å². The number of halogens is 1. The third-order valence-corrected chi connectivity index (χ3v) is 7.24.